The lowest BCUT2D eigenvalue weighted by molar-refractivity contribution is -0.120. The van der Waals surface area contributed by atoms with Crippen LogP contribution in [0.5, 0.6) is 11.5 Å². The number of rotatable bonds is 3. The summed E-state index contributed by atoms with van der Waals surface area (Å²) in [5.41, 5.74) is 1.84. The summed E-state index contributed by atoms with van der Waals surface area (Å²) in [6.07, 6.45) is 0.921. The summed E-state index contributed by atoms with van der Waals surface area (Å²) in [5, 5.41) is 3.36. The molecule has 1 aromatic rings. The van der Waals surface area contributed by atoms with Gasteiger partial charge >= 0.3 is 0 Å². The van der Waals surface area contributed by atoms with Gasteiger partial charge in [-0.2, -0.15) is 0 Å². The average Bonchev–Trinajstić information content (AvgIpc) is 2.48. The number of fused-ring (bicyclic) bond motifs is 2. The summed E-state index contributed by atoms with van der Waals surface area (Å²) >= 11 is 0. The monoisotopic (exact) mass is 290 g/mol. The molecule has 0 saturated carbocycles. The highest BCUT2D eigenvalue weighted by molar-refractivity contribution is 6.05. The molecule has 1 amide bonds. The Bertz CT molecular complexity index is 557. The van der Waals surface area contributed by atoms with Gasteiger partial charge in [0.2, 0.25) is 5.91 Å². The van der Waals surface area contributed by atoms with Crippen molar-refractivity contribution >= 4 is 17.3 Å². The third kappa shape index (κ3) is 2.41. The van der Waals surface area contributed by atoms with Gasteiger partial charge in [0.25, 0.3) is 0 Å². The number of carbonyl (C=O) groups is 1. The number of nitrogens with one attached hydrogen (secondary N) is 1. The van der Waals surface area contributed by atoms with Gasteiger partial charge in [0.05, 0.1) is 11.4 Å². The quantitative estimate of drug-likeness (QED) is 0.930. The van der Waals surface area contributed by atoms with Gasteiger partial charge in [0, 0.05) is 18.7 Å². The van der Waals surface area contributed by atoms with Gasteiger partial charge in [-0.25, -0.2) is 0 Å². The number of anilines is 2. The van der Waals surface area contributed by atoms with Crippen molar-refractivity contribution in [1.82, 2.24) is 0 Å². The van der Waals surface area contributed by atoms with Crippen LogP contribution in [0.3, 0.4) is 0 Å². The van der Waals surface area contributed by atoms with Crippen LogP contribution in [0.15, 0.2) is 12.1 Å². The highest BCUT2D eigenvalue weighted by atomic mass is 16.6. The number of nitrogens with zero attached hydrogens (tertiary/aromatic N) is 1. The van der Waals surface area contributed by atoms with Crippen LogP contribution in [0, 0.1) is 5.92 Å². The van der Waals surface area contributed by atoms with E-state index in [1.807, 2.05) is 17.0 Å². The van der Waals surface area contributed by atoms with E-state index in [-0.39, 0.29) is 17.9 Å². The average molecular weight is 290 g/mol. The molecule has 0 spiro atoms. The molecular formula is C16H22N2O3. The fourth-order valence-electron chi connectivity index (χ4n) is 2.84. The zero-order valence-electron chi connectivity index (χ0n) is 12.8. The molecule has 114 valence electrons. The van der Waals surface area contributed by atoms with Crippen LogP contribution in [0.1, 0.15) is 27.2 Å². The largest absolute Gasteiger partial charge is 0.486 e. The van der Waals surface area contributed by atoms with Gasteiger partial charge in [0.15, 0.2) is 11.5 Å². The Balaban J connectivity index is 2.05. The molecule has 0 aliphatic carbocycles. The van der Waals surface area contributed by atoms with Crippen LogP contribution < -0.4 is 19.7 Å². The van der Waals surface area contributed by atoms with Crippen molar-refractivity contribution in [3.05, 3.63) is 12.1 Å². The molecule has 2 aliphatic rings. The minimum absolute atomic E-state index is 0.135. The molecule has 3 rings (SSSR count). The molecule has 0 fully saturated rings. The Hall–Kier alpha value is -1.91. The molecule has 5 heteroatoms. The lowest BCUT2D eigenvalue weighted by Crippen LogP contribution is -2.49. The molecule has 0 radical (unpaired) electrons. The molecule has 2 heterocycles. The minimum Gasteiger partial charge on any atom is -0.486 e. The van der Waals surface area contributed by atoms with E-state index in [1.165, 1.54) is 0 Å². The molecular weight excluding hydrogens is 268 g/mol. The van der Waals surface area contributed by atoms with Crippen LogP contribution in [-0.2, 0) is 4.79 Å². The standard InChI is InChI=1S/C16H22N2O3/c1-4-5-18-12-9-14-13(20-6-7-21-14)8-11(12)17-15(10(2)3)16(18)19/h8-10,15,17H,4-7H2,1-3H3. The van der Waals surface area contributed by atoms with Crippen molar-refractivity contribution in [1.29, 1.82) is 0 Å². The normalized spacial score (nSPS) is 20.3. The molecule has 21 heavy (non-hydrogen) atoms. The van der Waals surface area contributed by atoms with Crippen LogP contribution >= 0.6 is 0 Å². The Kier molecular flexibility index (Phi) is 3.66. The van der Waals surface area contributed by atoms with E-state index in [2.05, 4.69) is 26.1 Å². The molecule has 1 N–H and O–H groups in total. The van der Waals surface area contributed by atoms with Gasteiger partial charge in [-0.05, 0) is 12.3 Å². The molecule has 1 unspecified atom stereocenters. The molecule has 1 aromatic carbocycles. The summed E-state index contributed by atoms with van der Waals surface area (Å²) < 4.78 is 11.3. The predicted molar refractivity (Wildman–Crippen MR) is 82.3 cm³/mol. The molecule has 0 aromatic heterocycles. The number of ether oxygens (including phenoxy) is 2. The lowest BCUT2D eigenvalue weighted by Gasteiger charge is -2.37. The predicted octanol–water partition coefficient (Wildman–Crippen LogP) is 2.65. The zero-order chi connectivity index (χ0) is 15.0. The van der Waals surface area contributed by atoms with E-state index in [1.54, 1.807) is 0 Å². The first-order chi connectivity index (χ1) is 10.1. The third-order valence-corrected chi connectivity index (χ3v) is 3.91. The second-order valence-corrected chi connectivity index (χ2v) is 5.87. The summed E-state index contributed by atoms with van der Waals surface area (Å²) in [4.78, 5) is 14.5. The van der Waals surface area contributed by atoms with Crippen LogP contribution in [0.2, 0.25) is 0 Å². The van der Waals surface area contributed by atoms with E-state index in [0.29, 0.717) is 13.2 Å². The van der Waals surface area contributed by atoms with E-state index in [4.69, 9.17) is 9.47 Å². The maximum Gasteiger partial charge on any atom is 0.249 e. The second-order valence-electron chi connectivity index (χ2n) is 5.87. The van der Waals surface area contributed by atoms with Crippen LogP contribution in [0.4, 0.5) is 11.4 Å². The zero-order valence-corrected chi connectivity index (χ0v) is 12.8. The first kappa shape index (κ1) is 14.0. The number of hydrogen-bond donors (Lipinski definition) is 1. The first-order valence-electron chi connectivity index (χ1n) is 7.63. The Morgan fingerprint density at radius 2 is 1.95 bits per heavy atom. The van der Waals surface area contributed by atoms with E-state index in [0.717, 1.165) is 35.8 Å². The number of hydrogen-bond acceptors (Lipinski definition) is 4. The SMILES string of the molecule is CCCN1C(=O)C(C(C)C)Nc2cc3c(cc21)OCCO3. The van der Waals surface area contributed by atoms with Crippen molar-refractivity contribution in [2.45, 2.75) is 33.2 Å². The van der Waals surface area contributed by atoms with Crippen molar-refractivity contribution in [2.24, 2.45) is 5.92 Å². The van der Waals surface area contributed by atoms with E-state index < -0.39 is 0 Å². The second kappa shape index (κ2) is 5.47. The number of carbonyl (C=O) groups excluding carboxylic acids is 1. The summed E-state index contributed by atoms with van der Waals surface area (Å²) in [6.45, 7) is 8.03. The molecule has 2 aliphatic heterocycles. The summed E-state index contributed by atoms with van der Waals surface area (Å²) in [6, 6.07) is 3.68. The van der Waals surface area contributed by atoms with Crippen molar-refractivity contribution in [2.75, 3.05) is 30.0 Å². The van der Waals surface area contributed by atoms with Crippen LogP contribution in [0.25, 0.3) is 0 Å². The minimum atomic E-state index is -0.188. The van der Waals surface area contributed by atoms with E-state index in [9.17, 15) is 4.79 Å². The van der Waals surface area contributed by atoms with Crippen molar-refractivity contribution < 1.29 is 14.3 Å². The van der Waals surface area contributed by atoms with E-state index >= 15 is 0 Å². The first-order valence-corrected chi connectivity index (χ1v) is 7.63. The topological polar surface area (TPSA) is 50.8 Å². The number of amides is 1. The van der Waals surface area contributed by atoms with Gasteiger partial charge in [-0.1, -0.05) is 20.8 Å². The van der Waals surface area contributed by atoms with Gasteiger partial charge < -0.3 is 19.7 Å². The maximum absolute atomic E-state index is 12.7. The Labute approximate surface area is 125 Å². The molecule has 5 nitrogen and oxygen atoms in total. The smallest absolute Gasteiger partial charge is 0.249 e. The third-order valence-electron chi connectivity index (χ3n) is 3.91. The summed E-state index contributed by atoms with van der Waals surface area (Å²) in [7, 11) is 0. The van der Waals surface area contributed by atoms with Crippen LogP contribution in [-0.4, -0.2) is 31.7 Å². The Morgan fingerprint density at radius 3 is 2.57 bits per heavy atom. The van der Waals surface area contributed by atoms with Crippen molar-refractivity contribution in [3.63, 3.8) is 0 Å². The molecule has 0 bridgehead atoms. The van der Waals surface area contributed by atoms with Gasteiger partial charge in [0.1, 0.15) is 19.3 Å². The molecule has 1 atom stereocenters. The summed E-state index contributed by atoms with van der Waals surface area (Å²) in [5.74, 6) is 1.84. The van der Waals surface area contributed by atoms with Gasteiger partial charge in [-0.15, -0.1) is 0 Å². The van der Waals surface area contributed by atoms with Crippen molar-refractivity contribution in [3.8, 4) is 11.5 Å². The molecule has 0 saturated heterocycles. The lowest BCUT2D eigenvalue weighted by atomic mass is 9.98. The highest BCUT2D eigenvalue weighted by Gasteiger charge is 2.35. The maximum atomic E-state index is 12.7. The van der Waals surface area contributed by atoms with Gasteiger partial charge in [-0.3, -0.25) is 4.79 Å². The highest BCUT2D eigenvalue weighted by Crippen LogP contribution is 2.43. The fraction of sp³-hybridized carbons (Fsp3) is 0.562. The number of benzene rings is 1. The fourth-order valence-corrected chi connectivity index (χ4v) is 2.84. The Morgan fingerprint density at radius 1 is 1.29 bits per heavy atom.